The normalized spacial score (nSPS) is 12.4. The maximum Gasteiger partial charge on any atom is 0.331 e. The van der Waals surface area contributed by atoms with E-state index in [2.05, 4.69) is 10.6 Å². The zero-order chi connectivity index (χ0) is 23.3. The molecule has 2 amide bonds. The monoisotopic (exact) mass is 438 g/mol. The van der Waals surface area contributed by atoms with Crippen LogP contribution in [-0.4, -0.2) is 37.0 Å². The van der Waals surface area contributed by atoms with Crippen molar-refractivity contribution in [1.82, 2.24) is 10.6 Å². The van der Waals surface area contributed by atoms with Crippen LogP contribution in [0.15, 0.2) is 72.8 Å². The SMILES string of the molecule is CC(NC(=O)COC(=O)/C=C/C(=O)OCC(=O)NC(C)c1ccccc1)c1ccccc1. The summed E-state index contributed by atoms with van der Waals surface area (Å²) in [7, 11) is 0. The minimum atomic E-state index is -0.883. The zero-order valence-electron chi connectivity index (χ0n) is 17.9. The number of carbonyl (C=O) groups is 4. The third kappa shape index (κ3) is 8.83. The predicted molar refractivity (Wildman–Crippen MR) is 117 cm³/mol. The molecule has 2 aromatic rings. The fourth-order valence-corrected chi connectivity index (χ4v) is 2.72. The Balaban J connectivity index is 1.65. The van der Waals surface area contributed by atoms with Crippen molar-refractivity contribution < 1.29 is 28.7 Å². The quantitative estimate of drug-likeness (QED) is 0.435. The van der Waals surface area contributed by atoms with Crippen LogP contribution < -0.4 is 10.6 Å². The van der Waals surface area contributed by atoms with Crippen molar-refractivity contribution in [3.63, 3.8) is 0 Å². The molecule has 0 radical (unpaired) electrons. The van der Waals surface area contributed by atoms with E-state index in [0.717, 1.165) is 23.3 Å². The third-order valence-corrected chi connectivity index (χ3v) is 4.40. The van der Waals surface area contributed by atoms with E-state index in [1.54, 1.807) is 0 Å². The number of rotatable bonds is 10. The summed E-state index contributed by atoms with van der Waals surface area (Å²) in [5, 5.41) is 5.40. The Hall–Kier alpha value is -3.94. The summed E-state index contributed by atoms with van der Waals surface area (Å²) in [6.07, 6.45) is 1.67. The van der Waals surface area contributed by atoms with Gasteiger partial charge in [0.1, 0.15) is 0 Å². The number of benzene rings is 2. The minimum absolute atomic E-state index is 0.247. The van der Waals surface area contributed by atoms with Crippen molar-refractivity contribution in [2.24, 2.45) is 0 Å². The van der Waals surface area contributed by atoms with Crippen LogP contribution in [0, 0.1) is 0 Å². The molecule has 0 saturated carbocycles. The summed E-state index contributed by atoms with van der Waals surface area (Å²) >= 11 is 0. The van der Waals surface area contributed by atoms with Gasteiger partial charge in [-0.3, -0.25) is 9.59 Å². The summed E-state index contributed by atoms with van der Waals surface area (Å²) in [4.78, 5) is 47.1. The molecule has 0 saturated heterocycles. The van der Waals surface area contributed by atoms with Crippen LogP contribution in [0.5, 0.6) is 0 Å². The van der Waals surface area contributed by atoms with Gasteiger partial charge in [-0.15, -0.1) is 0 Å². The van der Waals surface area contributed by atoms with Crippen molar-refractivity contribution in [2.45, 2.75) is 25.9 Å². The summed E-state index contributed by atoms with van der Waals surface area (Å²) in [6, 6.07) is 18.1. The van der Waals surface area contributed by atoms with Crippen LogP contribution in [0.1, 0.15) is 37.1 Å². The highest BCUT2D eigenvalue weighted by Crippen LogP contribution is 2.11. The lowest BCUT2D eigenvalue weighted by Gasteiger charge is -2.14. The molecule has 32 heavy (non-hydrogen) atoms. The molecule has 2 N–H and O–H groups in total. The Morgan fingerprint density at radius 2 is 1.03 bits per heavy atom. The molecule has 0 aliphatic rings. The first-order chi connectivity index (χ1) is 15.3. The van der Waals surface area contributed by atoms with Crippen molar-refractivity contribution in [3.05, 3.63) is 83.9 Å². The highest BCUT2D eigenvalue weighted by molar-refractivity contribution is 5.93. The standard InChI is InChI=1S/C24H26N2O6/c1-17(19-9-5-3-6-10-19)25-21(27)15-31-23(29)13-14-24(30)32-16-22(28)26-18(2)20-11-7-4-8-12-20/h3-14,17-18H,15-16H2,1-2H3,(H,25,27)(H,26,28)/b14-13+. The van der Waals surface area contributed by atoms with Crippen LogP contribution in [0.4, 0.5) is 0 Å². The molecule has 0 fully saturated rings. The van der Waals surface area contributed by atoms with Gasteiger partial charge in [0.2, 0.25) is 0 Å². The number of amides is 2. The maximum atomic E-state index is 11.9. The first kappa shape index (κ1) is 24.3. The van der Waals surface area contributed by atoms with Gasteiger partial charge in [-0.2, -0.15) is 0 Å². The molecule has 168 valence electrons. The summed E-state index contributed by atoms with van der Waals surface area (Å²) in [6.45, 7) is 2.63. The van der Waals surface area contributed by atoms with Crippen LogP contribution >= 0.6 is 0 Å². The van der Waals surface area contributed by atoms with Gasteiger partial charge in [-0.1, -0.05) is 60.7 Å². The van der Waals surface area contributed by atoms with Crippen molar-refractivity contribution in [1.29, 1.82) is 0 Å². The molecule has 0 heterocycles. The molecule has 0 aliphatic carbocycles. The molecule has 0 aromatic heterocycles. The lowest BCUT2D eigenvalue weighted by molar-refractivity contribution is -0.145. The van der Waals surface area contributed by atoms with E-state index in [1.807, 2.05) is 74.5 Å². The average Bonchev–Trinajstić information content (AvgIpc) is 2.81. The third-order valence-electron chi connectivity index (χ3n) is 4.40. The van der Waals surface area contributed by atoms with Gasteiger partial charge in [-0.25, -0.2) is 9.59 Å². The maximum absolute atomic E-state index is 11.9. The first-order valence-electron chi connectivity index (χ1n) is 10.1. The molecule has 0 spiro atoms. The van der Waals surface area contributed by atoms with Gasteiger partial charge in [-0.05, 0) is 25.0 Å². The van der Waals surface area contributed by atoms with Crippen molar-refractivity contribution >= 4 is 23.8 Å². The Morgan fingerprint density at radius 1 is 0.688 bits per heavy atom. The molecule has 0 bridgehead atoms. The van der Waals surface area contributed by atoms with E-state index in [4.69, 9.17) is 9.47 Å². The van der Waals surface area contributed by atoms with Crippen LogP contribution in [-0.2, 0) is 28.7 Å². The highest BCUT2D eigenvalue weighted by atomic mass is 16.5. The minimum Gasteiger partial charge on any atom is -0.452 e. The molecular formula is C24H26N2O6. The van der Waals surface area contributed by atoms with Gasteiger partial charge >= 0.3 is 11.9 Å². The zero-order valence-corrected chi connectivity index (χ0v) is 17.9. The van der Waals surface area contributed by atoms with Gasteiger partial charge < -0.3 is 20.1 Å². The van der Waals surface area contributed by atoms with Crippen molar-refractivity contribution in [2.75, 3.05) is 13.2 Å². The van der Waals surface area contributed by atoms with Gasteiger partial charge in [0.25, 0.3) is 11.8 Å². The lowest BCUT2D eigenvalue weighted by atomic mass is 10.1. The molecule has 2 unspecified atom stereocenters. The van der Waals surface area contributed by atoms with Gasteiger partial charge in [0, 0.05) is 12.2 Å². The number of esters is 2. The van der Waals surface area contributed by atoms with Crippen LogP contribution in [0.3, 0.4) is 0 Å². The second kappa shape index (κ2) is 12.7. The van der Waals surface area contributed by atoms with E-state index < -0.39 is 37.0 Å². The molecule has 2 atom stereocenters. The van der Waals surface area contributed by atoms with E-state index in [0.29, 0.717) is 0 Å². The molecule has 2 aromatic carbocycles. The van der Waals surface area contributed by atoms with Crippen LogP contribution in [0.25, 0.3) is 0 Å². The van der Waals surface area contributed by atoms with Gasteiger partial charge in [0.05, 0.1) is 12.1 Å². The van der Waals surface area contributed by atoms with E-state index in [-0.39, 0.29) is 12.1 Å². The molecular weight excluding hydrogens is 412 g/mol. The van der Waals surface area contributed by atoms with E-state index in [9.17, 15) is 19.2 Å². The number of hydrogen-bond donors (Lipinski definition) is 2. The van der Waals surface area contributed by atoms with Crippen molar-refractivity contribution in [3.8, 4) is 0 Å². The largest absolute Gasteiger partial charge is 0.452 e. The average molecular weight is 438 g/mol. The van der Waals surface area contributed by atoms with E-state index >= 15 is 0 Å². The molecule has 8 heteroatoms. The number of hydrogen-bond acceptors (Lipinski definition) is 6. The topological polar surface area (TPSA) is 111 Å². The fraction of sp³-hybridized carbons (Fsp3) is 0.250. The fourth-order valence-electron chi connectivity index (χ4n) is 2.72. The predicted octanol–water partition coefficient (Wildman–Crippen LogP) is 2.38. The second-order valence-corrected chi connectivity index (χ2v) is 6.95. The summed E-state index contributed by atoms with van der Waals surface area (Å²) < 4.78 is 9.59. The smallest absolute Gasteiger partial charge is 0.331 e. The first-order valence-corrected chi connectivity index (χ1v) is 10.1. The molecule has 0 aliphatic heterocycles. The lowest BCUT2D eigenvalue weighted by Crippen LogP contribution is -2.31. The van der Waals surface area contributed by atoms with Crippen LogP contribution in [0.2, 0.25) is 0 Å². The summed E-state index contributed by atoms with van der Waals surface area (Å²) in [5.74, 6) is -2.72. The summed E-state index contributed by atoms with van der Waals surface area (Å²) in [5.41, 5.74) is 1.83. The Kier molecular flexibility index (Phi) is 9.65. The Labute approximate surface area is 186 Å². The molecule has 8 nitrogen and oxygen atoms in total. The number of carbonyl (C=O) groups excluding carboxylic acids is 4. The number of nitrogens with one attached hydrogen (secondary N) is 2. The molecule has 2 rings (SSSR count). The Bertz CT molecular complexity index is 866. The van der Waals surface area contributed by atoms with Gasteiger partial charge in [0.15, 0.2) is 13.2 Å². The van der Waals surface area contributed by atoms with E-state index in [1.165, 1.54) is 0 Å². The second-order valence-electron chi connectivity index (χ2n) is 6.95. The highest BCUT2D eigenvalue weighted by Gasteiger charge is 2.12. The number of ether oxygens (including phenoxy) is 2. The Morgan fingerprint density at radius 3 is 1.38 bits per heavy atom.